The maximum absolute atomic E-state index is 13.2. The van der Waals surface area contributed by atoms with Gasteiger partial charge in [0.25, 0.3) is 5.56 Å². The van der Waals surface area contributed by atoms with Gasteiger partial charge in [-0.15, -0.1) is 11.3 Å². The highest BCUT2D eigenvalue weighted by Gasteiger charge is 2.21. The molecule has 0 amide bonds. The SMILES string of the molecule is CCCn1c(=O)c2c(nc3scc(-c4ccc(Cl)cc4)n32)n(CCC)c1=O. The molecule has 3 aromatic heterocycles. The van der Waals surface area contributed by atoms with Crippen LogP contribution in [-0.2, 0) is 13.1 Å². The first-order chi connectivity index (χ1) is 13.1. The molecular weight excluding hydrogens is 384 g/mol. The van der Waals surface area contributed by atoms with Crippen molar-refractivity contribution in [1.82, 2.24) is 18.5 Å². The highest BCUT2D eigenvalue weighted by molar-refractivity contribution is 7.15. The summed E-state index contributed by atoms with van der Waals surface area (Å²) < 4.78 is 4.82. The zero-order valence-electron chi connectivity index (χ0n) is 15.1. The maximum atomic E-state index is 13.2. The van der Waals surface area contributed by atoms with E-state index in [0.29, 0.717) is 40.7 Å². The largest absolute Gasteiger partial charge is 0.332 e. The standard InChI is InChI=1S/C19H19ClN4O2S/c1-3-9-22-16-15(17(25)23(10-4-2)19(22)26)24-14(11-27-18(24)21-16)12-5-7-13(20)8-6-12/h5-8,11H,3-4,9-10H2,1-2H3. The number of thiazole rings is 1. The quantitative estimate of drug-likeness (QED) is 0.506. The van der Waals surface area contributed by atoms with Gasteiger partial charge in [-0.2, -0.15) is 0 Å². The third-order valence-electron chi connectivity index (χ3n) is 4.54. The molecule has 0 atom stereocenters. The summed E-state index contributed by atoms with van der Waals surface area (Å²) in [5, 5.41) is 2.63. The Bertz CT molecular complexity index is 1250. The minimum Gasteiger partial charge on any atom is -0.276 e. The summed E-state index contributed by atoms with van der Waals surface area (Å²) in [6, 6.07) is 7.48. The number of fused-ring (bicyclic) bond motifs is 3. The summed E-state index contributed by atoms with van der Waals surface area (Å²) in [7, 11) is 0. The van der Waals surface area contributed by atoms with Crippen molar-refractivity contribution in [2.75, 3.05) is 0 Å². The van der Waals surface area contributed by atoms with E-state index in [1.165, 1.54) is 15.9 Å². The van der Waals surface area contributed by atoms with Crippen LogP contribution in [0.4, 0.5) is 0 Å². The lowest BCUT2D eigenvalue weighted by Crippen LogP contribution is -2.40. The molecule has 3 heterocycles. The number of imidazole rings is 1. The molecule has 0 saturated carbocycles. The molecule has 0 N–H and O–H groups in total. The van der Waals surface area contributed by atoms with Crippen molar-refractivity contribution < 1.29 is 0 Å². The average molecular weight is 403 g/mol. The van der Waals surface area contributed by atoms with Gasteiger partial charge in [-0.3, -0.25) is 18.3 Å². The highest BCUT2D eigenvalue weighted by atomic mass is 35.5. The van der Waals surface area contributed by atoms with Crippen LogP contribution in [0.2, 0.25) is 5.02 Å². The number of benzene rings is 1. The zero-order chi connectivity index (χ0) is 19.1. The van der Waals surface area contributed by atoms with Crippen LogP contribution >= 0.6 is 22.9 Å². The molecule has 8 heteroatoms. The molecule has 4 rings (SSSR count). The summed E-state index contributed by atoms with van der Waals surface area (Å²) in [4.78, 5) is 31.3. The van der Waals surface area contributed by atoms with Crippen molar-refractivity contribution in [3.63, 3.8) is 0 Å². The number of halogens is 1. The Labute approximate surface area is 164 Å². The van der Waals surface area contributed by atoms with Crippen LogP contribution in [0.25, 0.3) is 27.4 Å². The number of nitrogens with zero attached hydrogens (tertiary/aromatic N) is 4. The molecule has 0 fully saturated rings. The van der Waals surface area contributed by atoms with Crippen LogP contribution in [0.3, 0.4) is 0 Å². The van der Waals surface area contributed by atoms with E-state index in [0.717, 1.165) is 17.7 Å². The predicted molar refractivity (Wildman–Crippen MR) is 110 cm³/mol. The second-order valence-corrected chi connectivity index (χ2v) is 7.69. The monoisotopic (exact) mass is 402 g/mol. The molecule has 0 spiro atoms. The summed E-state index contributed by atoms with van der Waals surface area (Å²) >= 11 is 7.47. The molecule has 6 nitrogen and oxygen atoms in total. The number of hydrogen-bond donors (Lipinski definition) is 0. The number of aromatic nitrogens is 4. The smallest absolute Gasteiger partial charge is 0.276 e. The minimum atomic E-state index is -0.287. The van der Waals surface area contributed by atoms with Gasteiger partial charge >= 0.3 is 5.69 Å². The molecule has 4 aromatic rings. The molecule has 1 aromatic carbocycles. The van der Waals surface area contributed by atoms with Gasteiger partial charge in [0.05, 0.1) is 5.69 Å². The van der Waals surface area contributed by atoms with Crippen LogP contribution in [0.1, 0.15) is 26.7 Å². The first kappa shape index (κ1) is 18.0. The average Bonchev–Trinajstić information content (AvgIpc) is 3.22. The van der Waals surface area contributed by atoms with Crippen molar-refractivity contribution in [1.29, 1.82) is 0 Å². The molecule has 0 saturated heterocycles. The molecular formula is C19H19ClN4O2S. The van der Waals surface area contributed by atoms with E-state index in [4.69, 9.17) is 11.6 Å². The molecule has 0 unspecified atom stereocenters. The number of rotatable bonds is 5. The van der Waals surface area contributed by atoms with Gasteiger partial charge in [-0.25, -0.2) is 9.78 Å². The summed E-state index contributed by atoms with van der Waals surface area (Å²) in [6.45, 7) is 4.88. The first-order valence-corrected chi connectivity index (χ1v) is 10.2. The Morgan fingerprint density at radius 3 is 2.37 bits per heavy atom. The van der Waals surface area contributed by atoms with E-state index in [9.17, 15) is 9.59 Å². The second kappa shape index (κ2) is 6.98. The predicted octanol–water partition coefficient (Wildman–Crippen LogP) is 4.01. The van der Waals surface area contributed by atoms with Crippen LogP contribution in [0.15, 0.2) is 39.2 Å². The Kier molecular flexibility index (Phi) is 4.65. The fraction of sp³-hybridized carbons (Fsp3) is 0.316. The maximum Gasteiger partial charge on any atom is 0.332 e. The van der Waals surface area contributed by atoms with Crippen LogP contribution in [0.5, 0.6) is 0 Å². The van der Waals surface area contributed by atoms with E-state index in [1.807, 2.05) is 47.9 Å². The van der Waals surface area contributed by atoms with Crippen molar-refractivity contribution in [3.8, 4) is 11.3 Å². The summed E-state index contributed by atoms with van der Waals surface area (Å²) in [6.07, 6.45) is 1.50. The lowest BCUT2D eigenvalue weighted by molar-refractivity contribution is 0.555. The second-order valence-electron chi connectivity index (χ2n) is 6.42. The Hall–Kier alpha value is -2.38. The zero-order valence-corrected chi connectivity index (χ0v) is 16.7. The van der Waals surface area contributed by atoms with E-state index in [1.54, 1.807) is 4.57 Å². The topological polar surface area (TPSA) is 61.3 Å². The van der Waals surface area contributed by atoms with Crippen LogP contribution < -0.4 is 11.2 Å². The molecule has 0 radical (unpaired) electrons. The van der Waals surface area contributed by atoms with Crippen molar-refractivity contribution >= 4 is 39.1 Å². The Morgan fingerprint density at radius 2 is 1.70 bits per heavy atom. The van der Waals surface area contributed by atoms with Crippen LogP contribution in [0, 0.1) is 0 Å². The number of hydrogen-bond acceptors (Lipinski definition) is 4. The minimum absolute atomic E-state index is 0.282. The molecule has 27 heavy (non-hydrogen) atoms. The molecule has 0 aliphatic heterocycles. The normalized spacial score (nSPS) is 11.7. The van der Waals surface area contributed by atoms with Gasteiger partial charge < -0.3 is 0 Å². The highest BCUT2D eigenvalue weighted by Crippen LogP contribution is 2.29. The third kappa shape index (κ3) is 2.82. The summed E-state index contributed by atoms with van der Waals surface area (Å²) in [5.41, 5.74) is 2.16. The van der Waals surface area contributed by atoms with Gasteiger partial charge in [0.1, 0.15) is 0 Å². The third-order valence-corrected chi connectivity index (χ3v) is 5.62. The van der Waals surface area contributed by atoms with Gasteiger partial charge in [0.15, 0.2) is 16.1 Å². The fourth-order valence-corrected chi connectivity index (χ4v) is 4.37. The molecule has 0 bridgehead atoms. The van der Waals surface area contributed by atoms with Crippen molar-refractivity contribution in [3.05, 3.63) is 55.5 Å². The van der Waals surface area contributed by atoms with Crippen molar-refractivity contribution in [2.45, 2.75) is 39.8 Å². The molecule has 0 aliphatic rings. The molecule has 0 aliphatic carbocycles. The lowest BCUT2D eigenvalue weighted by Gasteiger charge is -2.10. The first-order valence-electron chi connectivity index (χ1n) is 8.96. The van der Waals surface area contributed by atoms with E-state index in [-0.39, 0.29) is 11.2 Å². The van der Waals surface area contributed by atoms with Gasteiger partial charge in [-0.1, -0.05) is 37.6 Å². The van der Waals surface area contributed by atoms with Gasteiger partial charge in [0, 0.05) is 23.5 Å². The van der Waals surface area contributed by atoms with Gasteiger partial charge in [0.2, 0.25) is 0 Å². The molecule has 140 valence electrons. The Morgan fingerprint density at radius 1 is 1.04 bits per heavy atom. The summed E-state index contributed by atoms with van der Waals surface area (Å²) in [5.74, 6) is 0. The van der Waals surface area contributed by atoms with Gasteiger partial charge in [-0.05, 0) is 30.5 Å². The lowest BCUT2D eigenvalue weighted by atomic mass is 10.2. The van der Waals surface area contributed by atoms with E-state index < -0.39 is 0 Å². The fourth-order valence-electron chi connectivity index (χ4n) is 3.35. The van der Waals surface area contributed by atoms with Crippen molar-refractivity contribution in [2.24, 2.45) is 0 Å². The number of aryl methyl sites for hydroxylation is 1. The van der Waals surface area contributed by atoms with E-state index in [2.05, 4.69) is 4.98 Å². The van der Waals surface area contributed by atoms with E-state index >= 15 is 0 Å². The van der Waals surface area contributed by atoms with Crippen LogP contribution in [-0.4, -0.2) is 18.5 Å². The Balaban J connectivity index is 2.13.